The number of allylic oxidation sites excluding steroid dienone is 3. The molecule has 4 aromatic rings. The molecular formula is C34H29F5N2O2. The molecule has 43 heavy (non-hydrogen) atoms. The zero-order valence-electron chi connectivity index (χ0n) is 23.3. The van der Waals surface area contributed by atoms with Crippen molar-refractivity contribution in [3.8, 4) is 22.4 Å². The lowest BCUT2D eigenvalue weighted by Crippen LogP contribution is -2.04. The second-order valence-electron chi connectivity index (χ2n) is 9.41. The molecule has 0 atom stereocenters. The van der Waals surface area contributed by atoms with Crippen molar-refractivity contribution >= 4 is 18.1 Å². The first kappa shape index (κ1) is 32.5. The predicted molar refractivity (Wildman–Crippen MR) is 160 cm³/mol. The summed E-state index contributed by atoms with van der Waals surface area (Å²) in [6, 6.07) is 15.6. The van der Waals surface area contributed by atoms with E-state index in [1.165, 1.54) is 24.3 Å². The van der Waals surface area contributed by atoms with E-state index < -0.39 is 29.3 Å². The van der Waals surface area contributed by atoms with Crippen LogP contribution in [0.5, 0.6) is 0 Å². The molecule has 0 saturated heterocycles. The van der Waals surface area contributed by atoms with E-state index in [9.17, 15) is 26.7 Å². The first-order valence-electron chi connectivity index (χ1n) is 13.0. The van der Waals surface area contributed by atoms with Crippen LogP contribution in [-0.4, -0.2) is 20.6 Å². The minimum atomic E-state index is -4.41. The van der Waals surface area contributed by atoms with Crippen molar-refractivity contribution in [3.05, 3.63) is 138 Å². The third kappa shape index (κ3) is 9.49. The maximum absolute atomic E-state index is 14.4. The summed E-state index contributed by atoms with van der Waals surface area (Å²) < 4.78 is 68.8. The number of benzene rings is 3. The van der Waals surface area contributed by atoms with Gasteiger partial charge in [0, 0.05) is 24.4 Å². The molecule has 0 unspecified atom stereocenters. The van der Waals surface area contributed by atoms with Gasteiger partial charge in [-0.25, -0.2) is 13.8 Å². The minimum Gasteiger partial charge on any atom is -0.481 e. The van der Waals surface area contributed by atoms with E-state index in [-0.39, 0.29) is 12.0 Å². The van der Waals surface area contributed by atoms with Crippen LogP contribution in [0.15, 0.2) is 110 Å². The summed E-state index contributed by atoms with van der Waals surface area (Å²) in [5.41, 5.74) is 2.78. The van der Waals surface area contributed by atoms with Gasteiger partial charge in [0.15, 0.2) is 0 Å². The van der Waals surface area contributed by atoms with Gasteiger partial charge in [0.1, 0.15) is 17.5 Å². The number of aliphatic carboxylic acids is 1. The topological polar surface area (TPSA) is 55.1 Å². The summed E-state index contributed by atoms with van der Waals surface area (Å²) in [5.74, 6) is -1.65. The van der Waals surface area contributed by atoms with Gasteiger partial charge in [-0.15, -0.1) is 6.58 Å². The van der Waals surface area contributed by atoms with Crippen LogP contribution < -0.4 is 0 Å². The minimum absolute atomic E-state index is 0.0556. The van der Waals surface area contributed by atoms with Crippen molar-refractivity contribution in [2.75, 3.05) is 0 Å². The second kappa shape index (κ2) is 14.7. The number of carbonyl (C=O) groups is 1. The molecule has 0 saturated carbocycles. The molecule has 1 N–H and O–H groups in total. The van der Waals surface area contributed by atoms with Crippen LogP contribution in [0, 0.1) is 11.6 Å². The SMILES string of the molecule is C=C/C=C(\C)Cn1cc(-c2ccc(F)cc2F)nc1/C=C/c1ccc(-c2cccc(C(F)(F)F)c2)cc1.C=CCC(=O)O. The summed E-state index contributed by atoms with van der Waals surface area (Å²) in [6.07, 6.45) is 5.81. The van der Waals surface area contributed by atoms with Crippen molar-refractivity contribution in [2.45, 2.75) is 26.1 Å². The van der Waals surface area contributed by atoms with Gasteiger partial charge >= 0.3 is 12.1 Å². The van der Waals surface area contributed by atoms with Crippen LogP contribution in [0.25, 0.3) is 34.5 Å². The molecule has 9 heteroatoms. The highest BCUT2D eigenvalue weighted by Gasteiger charge is 2.30. The van der Waals surface area contributed by atoms with Crippen LogP contribution in [0.3, 0.4) is 0 Å². The van der Waals surface area contributed by atoms with E-state index >= 15 is 0 Å². The highest BCUT2D eigenvalue weighted by Crippen LogP contribution is 2.32. The number of halogens is 5. The molecule has 0 bridgehead atoms. The van der Waals surface area contributed by atoms with Crippen molar-refractivity contribution in [1.29, 1.82) is 0 Å². The van der Waals surface area contributed by atoms with Crippen molar-refractivity contribution in [2.24, 2.45) is 0 Å². The maximum Gasteiger partial charge on any atom is 0.416 e. The van der Waals surface area contributed by atoms with E-state index in [1.807, 2.05) is 23.6 Å². The molecule has 0 amide bonds. The molecule has 1 aromatic heterocycles. The first-order valence-corrected chi connectivity index (χ1v) is 13.0. The quantitative estimate of drug-likeness (QED) is 0.120. The van der Waals surface area contributed by atoms with Gasteiger partial charge in [-0.1, -0.05) is 72.9 Å². The summed E-state index contributed by atoms with van der Waals surface area (Å²) in [5, 5.41) is 7.84. The second-order valence-corrected chi connectivity index (χ2v) is 9.41. The van der Waals surface area contributed by atoms with E-state index in [0.29, 0.717) is 29.2 Å². The Labute approximate surface area is 246 Å². The van der Waals surface area contributed by atoms with Crippen molar-refractivity contribution < 1.29 is 31.9 Å². The zero-order valence-corrected chi connectivity index (χ0v) is 23.3. The van der Waals surface area contributed by atoms with Crippen LogP contribution in [0.1, 0.15) is 30.3 Å². The van der Waals surface area contributed by atoms with Gasteiger partial charge in [-0.3, -0.25) is 4.79 Å². The fraction of sp³-hybridized carbons (Fsp3) is 0.118. The number of carboxylic acid groups (broad SMARTS) is 1. The van der Waals surface area contributed by atoms with Gasteiger partial charge in [0.25, 0.3) is 0 Å². The molecule has 1 heterocycles. The number of carboxylic acids is 1. The van der Waals surface area contributed by atoms with Gasteiger partial charge < -0.3 is 9.67 Å². The molecular weight excluding hydrogens is 563 g/mol. The van der Waals surface area contributed by atoms with E-state index in [4.69, 9.17) is 5.11 Å². The first-order chi connectivity index (χ1) is 20.4. The zero-order chi connectivity index (χ0) is 31.6. The fourth-order valence-electron chi connectivity index (χ4n) is 4.00. The van der Waals surface area contributed by atoms with Crippen molar-refractivity contribution in [1.82, 2.24) is 9.55 Å². The largest absolute Gasteiger partial charge is 0.481 e. The van der Waals surface area contributed by atoms with E-state index in [0.717, 1.165) is 29.3 Å². The number of aromatic nitrogens is 2. The molecule has 4 nitrogen and oxygen atoms in total. The molecule has 0 radical (unpaired) electrons. The molecule has 222 valence electrons. The number of hydrogen-bond acceptors (Lipinski definition) is 2. The molecule has 4 rings (SSSR count). The monoisotopic (exact) mass is 592 g/mol. The molecule has 0 aliphatic carbocycles. The lowest BCUT2D eigenvalue weighted by molar-refractivity contribution is -0.138. The highest BCUT2D eigenvalue weighted by atomic mass is 19.4. The lowest BCUT2D eigenvalue weighted by Gasteiger charge is -2.09. The third-order valence-corrected chi connectivity index (χ3v) is 6.01. The number of alkyl halides is 3. The molecule has 0 fully saturated rings. The standard InChI is InChI=1S/C30H23F5N2.C4H6O2/c1-3-5-20(2)18-37-19-28(26-14-13-25(31)17-27(26)32)36-29(37)15-10-21-8-11-22(12-9-21)23-6-4-7-24(16-23)30(33,34)35;1-2-3-4(5)6/h3-17,19H,1,18H2,2H3;2H,1,3H2,(H,5,6)/b15-10+,20-5+;. The molecule has 0 aliphatic rings. The van der Waals surface area contributed by atoms with Crippen molar-refractivity contribution in [3.63, 3.8) is 0 Å². The predicted octanol–water partition coefficient (Wildman–Crippen LogP) is 9.46. The summed E-state index contributed by atoms with van der Waals surface area (Å²) in [4.78, 5) is 14.1. The smallest absolute Gasteiger partial charge is 0.416 e. The van der Waals surface area contributed by atoms with Crippen LogP contribution in [-0.2, 0) is 17.5 Å². The van der Waals surface area contributed by atoms with Crippen LogP contribution in [0.4, 0.5) is 22.0 Å². The summed E-state index contributed by atoms with van der Waals surface area (Å²) in [6.45, 7) is 9.34. The Kier molecular flexibility index (Phi) is 11.1. The van der Waals surface area contributed by atoms with Gasteiger partial charge in [-0.2, -0.15) is 13.2 Å². The van der Waals surface area contributed by atoms with Gasteiger partial charge in [0.05, 0.1) is 17.7 Å². The third-order valence-electron chi connectivity index (χ3n) is 6.01. The average molecular weight is 593 g/mol. The Hall–Kier alpha value is -5.05. The Bertz CT molecular complexity index is 1650. The Morgan fingerprint density at radius 3 is 2.28 bits per heavy atom. The van der Waals surface area contributed by atoms with E-state index in [1.54, 1.807) is 48.7 Å². The Morgan fingerprint density at radius 2 is 1.70 bits per heavy atom. The highest BCUT2D eigenvalue weighted by molar-refractivity contribution is 5.72. The van der Waals surface area contributed by atoms with Gasteiger partial charge in [0.2, 0.25) is 0 Å². The van der Waals surface area contributed by atoms with Crippen LogP contribution in [0.2, 0.25) is 0 Å². The fourth-order valence-corrected chi connectivity index (χ4v) is 4.00. The molecule has 0 spiro atoms. The number of rotatable bonds is 9. The van der Waals surface area contributed by atoms with Gasteiger partial charge in [-0.05, 0) is 54.0 Å². The Balaban J connectivity index is 0.000000765. The maximum atomic E-state index is 14.4. The van der Waals surface area contributed by atoms with Crippen LogP contribution >= 0.6 is 0 Å². The Morgan fingerprint density at radius 1 is 0.977 bits per heavy atom. The number of hydrogen-bond donors (Lipinski definition) is 1. The van der Waals surface area contributed by atoms with E-state index in [2.05, 4.69) is 18.1 Å². The normalized spacial score (nSPS) is 11.6. The lowest BCUT2D eigenvalue weighted by atomic mass is 10.0. The number of nitrogens with zero attached hydrogens (tertiary/aromatic N) is 2. The summed E-state index contributed by atoms with van der Waals surface area (Å²) >= 11 is 0. The number of imidazole rings is 1. The summed E-state index contributed by atoms with van der Waals surface area (Å²) in [7, 11) is 0. The molecule has 3 aromatic carbocycles. The average Bonchev–Trinajstić information content (AvgIpc) is 3.34. The molecule has 0 aliphatic heterocycles.